The number of carboxylic acids is 1. The fourth-order valence-electron chi connectivity index (χ4n) is 1.80. The van der Waals surface area contributed by atoms with E-state index in [9.17, 15) is 9.90 Å². The van der Waals surface area contributed by atoms with E-state index in [1.54, 1.807) is 18.2 Å². The Balaban J connectivity index is 0.000000180. The molecule has 0 unspecified atom stereocenters. The Morgan fingerprint density at radius 2 is 2.00 bits per heavy atom. The van der Waals surface area contributed by atoms with Crippen LogP contribution in [-0.4, -0.2) is 48.0 Å². The maximum atomic E-state index is 10.1. The summed E-state index contributed by atoms with van der Waals surface area (Å²) in [5.41, 5.74) is 0.220. The minimum atomic E-state index is -1.13. The first-order valence-electron chi connectivity index (χ1n) is 6.12. The lowest BCUT2D eigenvalue weighted by Crippen LogP contribution is -2.25. The third kappa shape index (κ3) is 3.87. The third-order valence-corrected chi connectivity index (χ3v) is 3.11. The molecule has 0 N–H and O–H groups in total. The van der Waals surface area contributed by atoms with Gasteiger partial charge in [-0.25, -0.2) is 0 Å². The van der Waals surface area contributed by atoms with Crippen LogP contribution >= 0.6 is 0 Å². The molecule has 1 heterocycles. The number of rotatable bonds is 2. The van der Waals surface area contributed by atoms with E-state index in [4.69, 9.17) is 0 Å². The van der Waals surface area contributed by atoms with Crippen LogP contribution in [0.15, 0.2) is 30.3 Å². The maximum Gasteiger partial charge on any atom is 0.243 e. The second-order valence-electron chi connectivity index (χ2n) is 4.20. The van der Waals surface area contributed by atoms with Gasteiger partial charge in [-0.05, 0) is 12.5 Å². The van der Waals surface area contributed by atoms with Gasteiger partial charge in [0.05, 0.1) is 19.6 Å². The topological polar surface area (TPSA) is 46.4 Å². The Bertz CT molecular complexity index is 427. The number of likely N-dealkylation sites (N-methyl/N-ethyl adjacent to an activating group) is 2. The van der Waals surface area contributed by atoms with Crippen LogP contribution in [0, 0.1) is 0 Å². The van der Waals surface area contributed by atoms with Crippen LogP contribution < -0.4 is 5.11 Å². The van der Waals surface area contributed by atoms with Crippen molar-refractivity contribution in [1.82, 2.24) is 4.90 Å². The van der Waals surface area contributed by atoms with E-state index in [-0.39, 0.29) is 5.56 Å². The molecule has 0 radical (unpaired) electrons. The lowest BCUT2D eigenvalue weighted by Gasteiger charge is -2.04. The number of hydrogen-bond donors (Lipinski definition) is 0. The highest BCUT2D eigenvalue weighted by Gasteiger charge is 2.21. The molecule has 98 valence electrons. The normalized spacial score (nSPS) is 14.3. The number of amidine groups is 1. The van der Waals surface area contributed by atoms with Gasteiger partial charge in [0.25, 0.3) is 0 Å². The standard InChI is InChI=1S/C7H15N2.C7H6O2/c1-4-9-6-5-8(3)7(9)2;8-7(9)6-4-2-1-3-5-6/h4-6H2,1-3H3;1-5H,(H,8,9)/q+1;/p-1. The molecule has 1 aliphatic rings. The first-order valence-corrected chi connectivity index (χ1v) is 6.12. The second-order valence-corrected chi connectivity index (χ2v) is 4.20. The fraction of sp³-hybridized carbons (Fsp3) is 0.429. The Labute approximate surface area is 108 Å². The van der Waals surface area contributed by atoms with E-state index >= 15 is 0 Å². The molecule has 4 nitrogen and oxygen atoms in total. The summed E-state index contributed by atoms with van der Waals surface area (Å²) >= 11 is 0. The highest BCUT2D eigenvalue weighted by atomic mass is 16.4. The zero-order valence-electron chi connectivity index (χ0n) is 11.2. The molecular formula is C14H20N2O2. The zero-order valence-corrected chi connectivity index (χ0v) is 11.2. The SMILES string of the molecule is CCN1CC[N+](C)=C1C.O=C([O-])c1ccccc1. The van der Waals surface area contributed by atoms with Crippen molar-refractivity contribution in [3.05, 3.63) is 35.9 Å². The van der Waals surface area contributed by atoms with Crippen LogP contribution in [0.2, 0.25) is 0 Å². The van der Waals surface area contributed by atoms with Crippen molar-refractivity contribution in [2.75, 3.05) is 26.7 Å². The van der Waals surface area contributed by atoms with Crippen molar-refractivity contribution in [2.45, 2.75) is 13.8 Å². The van der Waals surface area contributed by atoms with Crippen molar-refractivity contribution < 1.29 is 14.5 Å². The number of carbonyl (C=O) groups excluding carboxylic acids is 1. The molecule has 0 fully saturated rings. The Morgan fingerprint density at radius 1 is 1.39 bits per heavy atom. The summed E-state index contributed by atoms with van der Waals surface area (Å²) in [6.45, 7) is 7.92. The predicted molar refractivity (Wildman–Crippen MR) is 69.8 cm³/mol. The molecular weight excluding hydrogens is 228 g/mol. The minimum absolute atomic E-state index is 0.220. The van der Waals surface area contributed by atoms with Gasteiger partial charge in [-0.2, -0.15) is 0 Å². The second kappa shape index (κ2) is 6.79. The maximum absolute atomic E-state index is 10.1. The summed E-state index contributed by atoms with van der Waals surface area (Å²) in [4.78, 5) is 12.5. The Hall–Kier alpha value is -1.84. The van der Waals surface area contributed by atoms with Gasteiger partial charge in [0.1, 0.15) is 13.1 Å². The van der Waals surface area contributed by atoms with Gasteiger partial charge < -0.3 is 9.90 Å². The molecule has 0 atom stereocenters. The highest BCUT2D eigenvalue weighted by molar-refractivity contribution is 5.85. The van der Waals surface area contributed by atoms with Crippen molar-refractivity contribution in [2.24, 2.45) is 0 Å². The summed E-state index contributed by atoms with van der Waals surface area (Å²) in [6.07, 6.45) is 0. The predicted octanol–water partition coefficient (Wildman–Crippen LogP) is 0.433. The molecule has 0 amide bonds. The molecule has 4 heteroatoms. The van der Waals surface area contributed by atoms with E-state index in [0.29, 0.717) is 0 Å². The van der Waals surface area contributed by atoms with E-state index in [2.05, 4.69) is 30.4 Å². The van der Waals surface area contributed by atoms with E-state index in [1.165, 1.54) is 31.1 Å². The molecule has 1 aromatic carbocycles. The molecule has 1 aliphatic heterocycles. The number of hydrogen-bond acceptors (Lipinski definition) is 3. The van der Waals surface area contributed by atoms with Crippen LogP contribution in [0.3, 0.4) is 0 Å². The van der Waals surface area contributed by atoms with Gasteiger partial charge >= 0.3 is 0 Å². The minimum Gasteiger partial charge on any atom is -0.545 e. The highest BCUT2D eigenvalue weighted by Crippen LogP contribution is 1.97. The average molecular weight is 248 g/mol. The fourth-order valence-corrected chi connectivity index (χ4v) is 1.80. The Kier molecular flexibility index (Phi) is 5.36. The molecule has 0 saturated carbocycles. The lowest BCUT2D eigenvalue weighted by molar-refractivity contribution is -0.487. The summed E-state index contributed by atoms with van der Waals surface area (Å²) in [7, 11) is 2.14. The molecule has 18 heavy (non-hydrogen) atoms. The largest absolute Gasteiger partial charge is 0.545 e. The number of carbonyl (C=O) groups is 1. The number of benzene rings is 1. The van der Waals surface area contributed by atoms with Gasteiger partial charge in [0.2, 0.25) is 5.84 Å². The van der Waals surface area contributed by atoms with Crippen molar-refractivity contribution in [1.29, 1.82) is 0 Å². The van der Waals surface area contributed by atoms with Crippen molar-refractivity contribution in [3.8, 4) is 0 Å². The van der Waals surface area contributed by atoms with Crippen molar-refractivity contribution >= 4 is 11.8 Å². The van der Waals surface area contributed by atoms with Gasteiger partial charge in [-0.3, -0.25) is 9.48 Å². The van der Waals surface area contributed by atoms with E-state index in [0.717, 1.165) is 6.54 Å². The third-order valence-electron chi connectivity index (χ3n) is 3.11. The quantitative estimate of drug-likeness (QED) is 0.713. The smallest absolute Gasteiger partial charge is 0.243 e. The van der Waals surface area contributed by atoms with E-state index < -0.39 is 5.97 Å². The lowest BCUT2D eigenvalue weighted by atomic mass is 10.2. The monoisotopic (exact) mass is 248 g/mol. The van der Waals surface area contributed by atoms with Crippen LogP contribution in [0.4, 0.5) is 0 Å². The zero-order chi connectivity index (χ0) is 13.5. The molecule has 0 aliphatic carbocycles. The summed E-state index contributed by atoms with van der Waals surface area (Å²) in [6, 6.07) is 8.06. The number of carboxylic acid groups (broad SMARTS) is 1. The van der Waals surface area contributed by atoms with Crippen LogP contribution in [0.1, 0.15) is 24.2 Å². The first kappa shape index (κ1) is 14.2. The number of aromatic carboxylic acids is 1. The summed E-state index contributed by atoms with van der Waals surface area (Å²) < 4.78 is 2.30. The van der Waals surface area contributed by atoms with Crippen molar-refractivity contribution in [3.63, 3.8) is 0 Å². The number of nitrogens with zero attached hydrogens (tertiary/aromatic N) is 2. The molecule has 0 aromatic heterocycles. The van der Waals surface area contributed by atoms with Gasteiger partial charge in [-0.15, -0.1) is 0 Å². The average Bonchev–Trinajstić information content (AvgIpc) is 2.71. The summed E-state index contributed by atoms with van der Waals surface area (Å²) in [5, 5.41) is 10.1. The Morgan fingerprint density at radius 3 is 2.28 bits per heavy atom. The van der Waals surface area contributed by atoms with Gasteiger partial charge in [0, 0.05) is 6.92 Å². The van der Waals surface area contributed by atoms with Gasteiger partial charge in [-0.1, -0.05) is 30.3 Å². The van der Waals surface area contributed by atoms with E-state index in [1.807, 2.05) is 0 Å². The first-order chi connectivity index (χ1) is 8.56. The molecule has 0 spiro atoms. The molecule has 2 rings (SSSR count). The van der Waals surface area contributed by atoms with Crippen LogP contribution in [0.5, 0.6) is 0 Å². The molecule has 1 aromatic rings. The van der Waals surface area contributed by atoms with Crippen LogP contribution in [-0.2, 0) is 0 Å². The molecule has 0 saturated heterocycles. The molecule has 0 bridgehead atoms. The van der Waals surface area contributed by atoms with Crippen LogP contribution in [0.25, 0.3) is 0 Å². The van der Waals surface area contributed by atoms with Gasteiger partial charge in [0.15, 0.2) is 0 Å². The summed E-state index contributed by atoms with van der Waals surface area (Å²) in [5.74, 6) is 0.285.